The van der Waals surface area contributed by atoms with E-state index in [0.717, 1.165) is 17.5 Å². The van der Waals surface area contributed by atoms with E-state index in [-0.39, 0.29) is 5.91 Å². The number of amides is 1. The van der Waals surface area contributed by atoms with E-state index in [4.69, 9.17) is 27.7 Å². The normalized spacial score (nSPS) is 10.8. The molecule has 1 amide bonds. The number of hydrogen-bond acceptors (Lipinski definition) is 4. The monoisotopic (exact) mass is 465 g/mol. The highest BCUT2D eigenvalue weighted by Gasteiger charge is 2.19. The molecule has 7 heteroatoms. The van der Waals surface area contributed by atoms with Crippen molar-refractivity contribution in [1.82, 2.24) is 15.0 Å². The van der Waals surface area contributed by atoms with Crippen LogP contribution in [0.25, 0.3) is 11.4 Å². The fourth-order valence-electron chi connectivity index (χ4n) is 3.33. The van der Waals surface area contributed by atoms with Crippen molar-refractivity contribution in [1.29, 1.82) is 0 Å². The maximum atomic E-state index is 13.2. The third-order valence-electron chi connectivity index (χ3n) is 5.07. The molecule has 0 saturated carbocycles. The molecule has 0 saturated heterocycles. The molecule has 0 N–H and O–H groups in total. The first kappa shape index (κ1) is 22.1. The van der Waals surface area contributed by atoms with Crippen LogP contribution >= 0.6 is 23.2 Å². The van der Waals surface area contributed by atoms with Crippen molar-refractivity contribution >= 4 is 29.1 Å². The third kappa shape index (κ3) is 5.55. The molecule has 3 aromatic carbocycles. The lowest BCUT2D eigenvalue weighted by Gasteiger charge is -2.23. The van der Waals surface area contributed by atoms with Crippen molar-refractivity contribution in [3.63, 3.8) is 0 Å². The van der Waals surface area contributed by atoms with E-state index in [0.29, 0.717) is 46.8 Å². The van der Waals surface area contributed by atoms with E-state index in [1.165, 1.54) is 0 Å². The van der Waals surface area contributed by atoms with Crippen molar-refractivity contribution in [2.75, 3.05) is 13.1 Å². The predicted molar refractivity (Wildman–Crippen MR) is 126 cm³/mol. The van der Waals surface area contributed by atoms with Gasteiger partial charge in [-0.3, -0.25) is 4.79 Å². The molecule has 0 radical (unpaired) electrons. The maximum absolute atomic E-state index is 13.2. The molecule has 0 aliphatic carbocycles. The first-order chi connectivity index (χ1) is 15.6. The van der Waals surface area contributed by atoms with Gasteiger partial charge in [0, 0.05) is 30.1 Å². The zero-order chi connectivity index (χ0) is 22.3. The molecule has 0 bridgehead atoms. The topological polar surface area (TPSA) is 59.2 Å². The molecule has 32 heavy (non-hydrogen) atoms. The summed E-state index contributed by atoms with van der Waals surface area (Å²) in [6, 6.07) is 24.4. The Bertz CT molecular complexity index is 1180. The lowest BCUT2D eigenvalue weighted by atomic mass is 10.1. The van der Waals surface area contributed by atoms with Crippen LogP contribution in [0.15, 0.2) is 83.4 Å². The number of carbonyl (C=O) groups excluding carboxylic acids is 1. The second-order valence-electron chi connectivity index (χ2n) is 7.28. The lowest BCUT2D eigenvalue weighted by Crippen LogP contribution is -2.35. The van der Waals surface area contributed by atoms with Crippen molar-refractivity contribution in [2.45, 2.75) is 12.8 Å². The van der Waals surface area contributed by atoms with Crippen LogP contribution in [-0.2, 0) is 12.8 Å². The summed E-state index contributed by atoms with van der Waals surface area (Å²) < 4.78 is 5.41. The number of benzene rings is 3. The number of aromatic nitrogens is 2. The molecule has 0 unspecified atom stereocenters. The molecule has 0 spiro atoms. The van der Waals surface area contributed by atoms with Gasteiger partial charge in [0.2, 0.25) is 11.7 Å². The molecular weight excluding hydrogens is 445 g/mol. The Morgan fingerprint density at radius 2 is 1.53 bits per heavy atom. The van der Waals surface area contributed by atoms with Gasteiger partial charge >= 0.3 is 0 Å². The number of carbonyl (C=O) groups is 1. The highest BCUT2D eigenvalue weighted by Crippen LogP contribution is 2.20. The van der Waals surface area contributed by atoms with Crippen LogP contribution in [0.2, 0.25) is 10.0 Å². The second kappa shape index (κ2) is 10.4. The summed E-state index contributed by atoms with van der Waals surface area (Å²) >= 11 is 12.2. The number of nitrogens with zero attached hydrogens (tertiary/aromatic N) is 3. The Kier molecular flexibility index (Phi) is 7.20. The largest absolute Gasteiger partial charge is 0.339 e. The number of hydrogen-bond donors (Lipinski definition) is 0. The molecule has 0 atom stereocenters. The van der Waals surface area contributed by atoms with Gasteiger partial charge in [0.05, 0.1) is 10.6 Å². The Labute approximate surface area is 196 Å². The minimum absolute atomic E-state index is 0.121. The molecule has 4 rings (SSSR count). The fraction of sp³-hybridized carbons (Fsp3) is 0.160. The van der Waals surface area contributed by atoms with E-state index < -0.39 is 0 Å². The van der Waals surface area contributed by atoms with Crippen molar-refractivity contribution in [3.05, 3.63) is 106 Å². The van der Waals surface area contributed by atoms with Gasteiger partial charge in [-0.25, -0.2) is 0 Å². The highest BCUT2D eigenvalue weighted by atomic mass is 35.5. The van der Waals surface area contributed by atoms with E-state index >= 15 is 0 Å². The quantitative estimate of drug-likeness (QED) is 0.321. The SMILES string of the molecule is O=C(c1ccccc1Cl)N(CCc1ccccc1)CCc1nc(-c2ccc(Cl)cc2)no1. The van der Waals surface area contributed by atoms with Gasteiger partial charge in [-0.1, -0.05) is 70.8 Å². The first-order valence-electron chi connectivity index (χ1n) is 10.3. The smallest absolute Gasteiger partial charge is 0.255 e. The summed E-state index contributed by atoms with van der Waals surface area (Å²) in [4.78, 5) is 19.5. The standard InChI is InChI=1S/C25H21Cl2N3O2/c26-20-12-10-19(11-13-20)24-28-23(32-29-24)15-17-30(16-14-18-6-2-1-3-7-18)25(31)21-8-4-5-9-22(21)27/h1-13H,14-17H2. The van der Waals surface area contributed by atoms with Gasteiger partial charge in [-0.05, 0) is 48.4 Å². The minimum Gasteiger partial charge on any atom is -0.339 e. The van der Waals surface area contributed by atoms with Crippen LogP contribution < -0.4 is 0 Å². The van der Waals surface area contributed by atoms with Crippen molar-refractivity contribution in [2.24, 2.45) is 0 Å². The van der Waals surface area contributed by atoms with Crippen LogP contribution in [-0.4, -0.2) is 34.0 Å². The number of halogens is 2. The molecular formula is C25H21Cl2N3O2. The molecule has 0 aliphatic heterocycles. The molecule has 162 valence electrons. The molecule has 5 nitrogen and oxygen atoms in total. The van der Waals surface area contributed by atoms with Crippen LogP contribution in [0.1, 0.15) is 21.8 Å². The summed E-state index contributed by atoms with van der Waals surface area (Å²) in [5.74, 6) is 0.834. The zero-order valence-corrected chi connectivity index (χ0v) is 18.8. The van der Waals surface area contributed by atoms with E-state index in [1.54, 1.807) is 29.2 Å². The summed E-state index contributed by atoms with van der Waals surface area (Å²) in [5.41, 5.74) is 2.46. The molecule has 0 fully saturated rings. The fourth-order valence-corrected chi connectivity index (χ4v) is 3.67. The minimum atomic E-state index is -0.121. The van der Waals surface area contributed by atoms with E-state index in [1.807, 2.05) is 42.5 Å². The van der Waals surface area contributed by atoms with Crippen LogP contribution in [0.4, 0.5) is 0 Å². The van der Waals surface area contributed by atoms with Crippen LogP contribution in [0.5, 0.6) is 0 Å². The Morgan fingerprint density at radius 1 is 0.844 bits per heavy atom. The Morgan fingerprint density at radius 3 is 2.28 bits per heavy atom. The van der Waals surface area contributed by atoms with Crippen LogP contribution in [0.3, 0.4) is 0 Å². The van der Waals surface area contributed by atoms with E-state index in [9.17, 15) is 4.79 Å². The average Bonchev–Trinajstić information content (AvgIpc) is 3.29. The van der Waals surface area contributed by atoms with Gasteiger partial charge in [0.25, 0.3) is 5.91 Å². The molecule has 4 aromatic rings. The van der Waals surface area contributed by atoms with Gasteiger partial charge in [-0.15, -0.1) is 0 Å². The maximum Gasteiger partial charge on any atom is 0.255 e. The molecule has 1 heterocycles. The number of rotatable bonds is 8. The van der Waals surface area contributed by atoms with E-state index in [2.05, 4.69) is 22.3 Å². The highest BCUT2D eigenvalue weighted by molar-refractivity contribution is 6.33. The zero-order valence-electron chi connectivity index (χ0n) is 17.2. The second-order valence-corrected chi connectivity index (χ2v) is 8.12. The van der Waals surface area contributed by atoms with Gasteiger partial charge in [-0.2, -0.15) is 4.98 Å². The summed E-state index contributed by atoms with van der Waals surface area (Å²) in [7, 11) is 0. The first-order valence-corrected chi connectivity index (χ1v) is 11.0. The third-order valence-corrected chi connectivity index (χ3v) is 5.65. The predicted octanol–water partition coefficient (Wildman–Crippen LogP) is 5.97. The molecule has 0 aliphatic rings. The Balaban J connectivity index is 1.48. The summed E-state index contributed by atoms with van der Waals surface area (Å²) in [6.07, 6.45) is 1.17. The average molecular weight is 466 g/mol. The van der Waals surface area contributed by atoms with Crippen molar-refractivity contribution < 1.29 is 9.32 Å². The summed E-state index contributed by atoms with van der Waals surface area (Å²) in [5, 5.41) is 5.13. The summed E-state index contributed by atoms with van der Waals surface area (Å²) in [6.45, 7) is 0.978. The lowest BCUT2D eigenvalue weighted by molar-refractivity contribution is 0.0756. The van der Waals surface area contributed by atoms with Gasteiger partial charge in [0.15, 0.2) is 0 Å². The van der Waals surface area contributed by atoms with Gasteiger partial charge < -0.3 is 9.42 Å². The van der Waals surface area contributed by atoms with Gasteiger partial charge in [0.1, 0.15) is 0 Å². The Hall–Kier alpha value is -3.15. The van der Waals surface area contributed by atoms with Crippen LogP contribution in [0, 0.1) is 0 Å². The van der Waals surface area contributed by atoms with Crippen molar-refractivity contribution in [3.8, 4) is 11.4 Å². The molecule has 1 aromatic heterocycles.